The van der Waals surface area contributed by atoms with Crippen molar-refractivity contribution in [3.63, 3.8) is 0 Å². The third-order valence-electron chi connectivity index (χ3n) is 3.21. The summed E-state index contributed by atoms with van der Waals surface area (Å²) < 4.78 is 5.36. The van der Waals surface area contributed by atoms with E-state index in [0.717, 1.165) is 10.7 Å². The van der Waals surface area contributed by atoms with Crippen LogP contribution in [0.5, 0.6) is 0 Å². The van der Waals surface area contributed by atoms with Gasteiger partial charge in [-0.25, -0.2) is 9.97 Å². The number of hydrogen-bond donors (Lipinski definition) is 1. The summed E-state index contributed by atoms with van der Waals surface area (Å²) in [6, 6.07) is -0.458. The molecule has 1 atom stereocenters. The van der Waals surface area contributed by atoms with E-state index in [0.29, 0.717) is 25.3 Å². The molecule has 3 heterocycles. The van der Waals surface area contributed by atoms with E-state index in [1.165, 1.54) is 6.39 Å². The fourth-order valence-corrected chi connectivity index (χ4v) is 2.88. The van der Waals surface area contributed by atoms with E-state index in [9.17, 15) is 4.79 Å². The molecule has 0 saturated heterocycles. The van der Waals surface area contributed by atoms with Crippen LogP contribution in [0.3, 0.4) is 0 Å². The molecule has 0 fully saturated rings. The van der Waals surface area contributed by atoms with Crippen molar-refractivity contribution in [1.82, 2.24) is 20.2 Å². The first-order chi connectivity index (χ1) is 9.29. The zero-order valence-electron chi connectivity index (χ0n) is 10.5. The van der Waals surface area contributed by atoms with Crippen LogP contribution < -0.4 is 5.32 Å². The molecule has 100 valence electrons. The van der Waals surface area contributed by atoms with Crippen LogP contribution in [0.15, 0.2) is 22.4 Å². The van der Waals surface area contributed by atoms with Gasteiger partial charge in [0.05, 0.1) is 12.2 Å². The number of thiazole rings is 1. The molecule has 0 saturated carbocycles. The van der Waals surface area contributed by atoms with Gasteiger partial charge in [-0.1, -0.05) is 0 Å². The Labute approximate surface area is 114 Å². The molecular weight excluding hydrogens is 264 g/mol. The first kappa shape index (κ1) is 12.3. The number of likely N-dealkylation sites (N-methyl/N-ethyl adjacent to an activating group) is 1. The van der Waals surface area contributed by atoms with E-state index in [-0.39, 0.29) is 5.91 Å². The van der Waals surface area contributed by atoms with Crippen LogP contribution in [0, 0.1) is 0 Å². The van der Waals surface area contributed by atoms with Gasteiger partial charge >= 0.3 is 0 Å². The highest BCUT2D eigenvalue weighted by molar-refractivity contribution is 7.09. The maximum Gasteiger partial charge on any atom is 0.248 e. The molecule has 0 aromatic carbocycles. The van der Waals surface area contributed by atoms with E-state index in [1.807, 2.05) is 5.38 Å². The van der Waals surface area contributed by atoms with Crippen molar-refractivity contribution >= 4 is 17.2 Å². The Bertz CT molecular complexity index is 566. The smallest absolute Gasteiger partial charge is 0.248 e. The molecular formula is C12H14N4O2S. The number of hydrogen-bond acceptors (Lipinski definition) is 6. The van der Waals surface area contributed by atoms with Crippen molar-refractivity contribution in [3.05, 3.63) is 34.4 Å². The van der Waals surface area contributed by atoms with E-state index in [4.69, 9.17) is 4.42 Å². The van der Waals surface area contributed by atoms with Gasteiger partial charge in [0.15, 0.2) is 12.2 Å². The summed E-state index contributed by atoms with van der Waals surface area (Å²) in [6.45, 7) is 1.18. The van der Waals surface area contributed by atoms with E-state index in [2.05, 4.69) is 15.3 Å². The monoisotopic (exact) mass is 278 g/mol. The standard InChI is InChI=1S/C12H14N4O2S/c1-13-10-11-8(15-7-18-11)2-4-16(12(10)17)6-9-14-3-5-19-9/h3,5,7,10,13H,2,4,6H2,1H3. The van der Waals surface area contributed by atoms with Crippen LogP contribution in [0.1, 0.15) is 22.5 Å². The molecule has 3 rings (SSSR count). The zero-order valence-corrected chi connectivity index (χ0v) is 11.3. The van der Waals surface area contributed by atoms with E-state index in [1.54, 1.807) is 29.5 Å². The quantitative estimate of drug-likeness (QED) is 0.906. The first-order valence-electron chi connectivity index (χ1n) is 6.06. The minimum absolute atomic E-state index is 0.00759. The van der Waals surface area contributed by atoms with Crippen molar-refractivity contribution in [2.75, 3.05) is 13.6 Å². The molecule has 0 bridgehead atoms. The Morgan fingerprint density at radius 3 is 3.21 bits per heavy atom. The molecule has 1 unspecified atom stereocenters. The number of nitrogens with zero attached hydrogens (tertiary/aromatic N) is 3. The third kappa shape index (κ3) is 2.26. The Morgan fingerprint density at radius 1 is 1.58 bits per heavy atom. The molecule has 1 amide bonds. The van der Waals surface area contributed by atoms with Gasteiger partial charge in [-0.2, -0.15) is 0 Å². The lowest BCUT2D eigenvalue weighted by Gasteiger charge is -2.22. The molecule has 19 heavy (non-hydrogen) atoms. The topological polar surface area (TPSA) is 71.3 Å². The summed E-state index contributed by atoms with van der Waals surface area (Å²) in [6.07, 6.45) is 3.86. The fourth-order valence-electron chi connectivity index (χ4n) is 2.25. The highest BCUT2D eigenvalue weighted by Crippen LogP contribution is 2.25. The summed E-state index contributed by atoms with van der Waals surface area (Å²) in [5.41, 5.74) is 0.856. The molecule has 7 heteroatoms. The number of carbonyl (C=O) groups excluding carboxylic acids is 1. The molecule has 2 aromatic rings. The number of amides is 1. The molecule has 6 nitrogen and oxygen atoms in total. The minimum Gasteiger partial charge on any atom is -0.446 e. The SMILES string of the molecule is CNC1C(=O)N(Cc2nccs2)CCc2ncoc21. The average molecular weight is 278 g/mol. The summed E-state index contributed by atoms with van der Waals surface area (Å²) in [5.74, 6) is 0.641. The van der Waals surface area contributed by atoms with Gasteiger partial charge in [0.1, 0.15) is 11.0 Å². The predicted octanol–water partition coefficient (Wildman–Crippen LogP) is 0.976. The number of oxazole rings is 1. The Hall–Kier alpha value is -1.73. The van der Waals surface area contributed by atoms with Gasteiger partial charge in [-0.05, 0) is 7.05 Å². The molecule has 1 N–H and O–H groups in total. The van der Waals surface area contributed by atoms with Crippen LogP contribution in [-0.2, 0) is 17.8 Å². The minimum atomic E-state index is -0.458. The third-order valence-corrected chi connectivity index (χ3v) is 3.97. The highest BCUT2D eigenvalue weighted by atomic mass is 32.1. The molecule has 1 aliphatic heterocycles. The van der Waals surface area contributed by atoms with Crippen LogP contribution >= 0.6 is 11.3 Å². The fraction of sp³-hybridized carbons (Fsp3) is 0.417. The largest absolute Gasteiger partial charge is 0.446 e. The first-order valence-corrected chi connectivity index (χ1v) is 6.94. The van der Waals surface area contributed by atoms with Crippen molar-refractivity contribution in [2.24, 2.45) is 0 Å². The van der Waals surface area contributed by atoms with Crippen molar-refractivity contribution in [3.8, 4) is 0 Å². The lowest BCUT2D eigenvalue weighted by atomic mass is 10.1. The Morgan fingerprint density at radius 2 is 2.47 bits per heavy atom. The summed E-state index contributed by atoms with van der Waals surface area (Å²) in [5, 5.41) is 5.86. The highest BCUT2D eigenvalue weighted by Gasteiger charge is 2.33. The lowest BCUT2D eigenvalue weighted by Crippen LogP contribution is -2.38. The van der Waals surface area contributed by atoms with Crippen molar-refractivity contribution in [1.29, 1.82) is 0 Å². The maximum absolute atomic E-state index is 12.5. The van der Waals surface area contributed by atoms with Crippen molar-refractivity contribution < 1.29 is 9.21 Å². The van der Waals surface area contributed by atoms with Gasteiger partial charge in [0.2, 0.25) is 5.91 Å². The van der Waals surface area contributed by atoms with Gasteiger partial charge in [0.25, 0.3) is 0 Å². The predicted molar refractivity (Wildman–Crippen MR) is 69.5 cm³/mol. The Kier molecular flexibility index (Phi) is 3.31. The van der Waals surface area contributed by atoms with Gasteiger partial charge in [0, 0.05) is 24.5 Å². The van der Waals surface area contributed by atoms with E-state index >= 15 is 0 Å². The molecule has 1 aliphatic rings. The molecule has 0 spiro atoms. The average Bonchev–Trinajstić information content (AvgIpc) is 3.04. The number of aromatic nitrogens is 2. The van der Waals surface area contributed by atoms with Gasteiger partial charge < -0.3 is 14.6 Å². The summed E-state index contributed by atoms with van der Waals surface area (Å²) in [4.78, 5) is 22.7. The second-order valence-corrected chi connectivity index (χ2v) is 5.30. The normalized spacial score (nSPS) is 19.3. The second kappa shape index (κ2) is 5.10. The zero-order chi connectivity index (χ0) is 13.2. The van der Waals surface area contributed by atoms with E-state index < -0.39 is 6.04 Å². The van der Waals surface area contributed by atoms with Crippen LogP contribution in [0.2, 0.25) is 0 Å². The van der Waals surface area contributed by atoms with Crippen LogP contribution in [0.4, 0.5) is 0 Å². The molecule has 0 radical (unpaired) electrons. The van der Waals surface area contributed by atoms with Crippen LogP contribution in [-0.4, -0.2) is 34.4 Å². The lowest BCUT2D eigenvalue weighted by molar-refractivity contribution is -0.134. The summed E-state index contributed by atoms with van der Waals surface area (Å²) in [7, 11) is 1.75. The Balaban J connectivity index is 1.85. The second-order valence-electron chi connectivity index (χ2n) is 4.32. The number of nitrogens with one attached hydrogen (secondary N) is 1. The van der Waals surface area contributed by atoms with Crippen LogP contribution in [0.25, 0.3) is 0 Å². The van der Waals surface area contributed by atoms with Gasteiger partial charge in [-0.15, -0.1) is 11.3 Å². The molecule has 2 aromatic heterocycles. The summed E-state index contributed by atoms with van der Waals surface area (Å²) >= 11 is 1.56. The van der Waals surface area contributed by atoms with Gasteiger partial charge in [-0.3, -0.25) is 4.79 Å². The number of rotatable bonds is 3. The van der Waals surface area contributed by atoms with Crippen molar-refractivity contribution in [2.45, 2.75) is 19.0 Å². The maximum atomic E-state index is 12.5. The molecule has 0 aliphatic carbocycles. The number of carbonyl (C=O) groups is 1. The number of fused-ring (bicyclic) bond motifs is 1.